The van der Waals surface area contributed by atoms with Gasteiger partial charge in [0.1, 0.15) is 12.4 Å². The molecule has 0 saturated heterocycles. The van der Waals surface area contributed by atoms with Gasteiger partial charge in [0.15, 0.2) is 0 Å². The first-order valence-corrected chi connectivity index (χ1v) is 8.45. The van der Waals surface area contributed by atoms with E-state index in [1.54, 1.807) is 0 Å². The van der Waals surface area contributed by atoms with Crippen molar-refractivity contribution < 1.29 is 4.74 Å². The van der Waals surface area contributed by atoms with E-state index in [9.17, 15) is 0 Å². The van der Waals surface area contributed by atoms with Crippen LogP contribution in [0.1, 0.15) is 23.1 Å². The van der Waals surface area contributed by atoms with Crippen LogP contribution in [0.3, 0.4) is 0 Å². The summed E-state index contributed by atoms with van der Waals surface area (Å²) in [6.07, 6.45) is 2.16. The van der Waals surface area contributed by atoms with Crippen molar-refractivity contribution >= 4 is 15.9 Å². The Kier molecular flexibility index (Phi) is 6.47. The lowest BCUT2D eigenvalue weighted by Gasteiger charge is -2.14. The van der Waals surface area contributed by atoms with Crippen LogP contribution in [-0.2, 0) is 13.0 Å². The highest BCUT2D eigenvalue weighted by atomic mass is 79.9. The molecule has 0 atom stereocenters. The minimum absolute atomic E-state index is 0.615. The van der Waals surface area contributed by atoms with Crippen LogP contribution in [-0.4, -0.2) is 25.5 Å². The fourth-order valence-electron chi connectivity index (χ4n) is 2.43. The molecule has 0 aromatic heterocycles. The van der Waals surface area contributed by atoms with Crippen molar-refractivity contribution in [2.24, 2.45) is 0 Å². The van der Waals surface area contributed by atoms with Crippen molar-refractivity contribution in [1.82, 2.24) is 4.90 Å². The molecule has 0 bridgehead atoms. The Balaban J connectivity index is 2.03. The monoisotopic (exact) mass is 361 g/mol. The van der Waals surface area contributed by atoms with E-state index in [0.29, 0.717) is 6.61 Å². The lowest BCUT2D eigenvalue weighted by atomic mass is 10.1. The molecule has 0 radical (unpaired) electrons. The number of nitrogens with zero attached hydrogens (tertiary/aromatic N) is 1. The maximum absolute atomic E-state index is 6.06. The van der Waals surface area contributed by atoms with Crippen molar-refractivity contribution in [3.05, 3.63) is 63.6 Å². The summed E-state index contributed by atoms with van der Waals surface area (Å²) in [7, 11) is 4.21. The topological polar surface area (TPSA) is 12.5 Å². The van der Waals surface area contributed by atoms with E-state index in [1.165, 1.54) is 16.7 Å². The van der Waals surface area contributed by atoms with E-state index < -0.39 is 0 Å². The van der Waals surface area contributed by atoms with E-state index >= 15 is 0 Å². The number of hydrogen-bond acceptors (Lipinski definition) is 2. The fourth-order valence-corrected chi connectivity index (χ4v) is 2.84. The first kappa shape index (κ1) is 17.0. The van der Waals surface area contributed by atoms with Gasteiger partial charge in [0.25, 0.3) is 0 Å². The van der Waals surface area contributed by atoms with Crippen LogP contribution in [0.25, 0.3) is 0 Å². The fraction of sp³-hybridized carbons (Fsp3) is 0.368. The number of ether oxygens (including phenoxy) is 1. The third kappa shape index (κ3) is 5.47. The Labute approximate surface area is 142 Å². The Morgan fingerprint density at radius 2 is 1.91 bits per heavy atom. The second-order valence-corrected chi connectivity index (χ2v) is 6.85. The van der Waals surface area contributed by atoms with Crippen molar-refractivity contribution in [3.63, 3.8) is 0 Å². The highest BCUT2D eigenvalue weighted by Crippen LogP contribution is 2.25. The molecule has 0 aliphatic heterocycles. The molecule has 0 aliphatic carbocycles. The van der Waals surface area contributed by atoms with Gasteiger partial charge in [0, 0.05) is 4.47 Å². The summed E-state index contributed by atoms with van der Waals surface area (Å²) < 4.78 is 7.16. The number of benzene rings is 2. The second-order valence-electron chi connectivity index (χ2n) is 5.94. The van der Waals surface area contributed by atoms with Crippen LogP contribution in [0.5, 0.6) is 5.75 Å². The maximum Gasteiger partial charge on any atom is 0.123 e. The van der Waals surface area contributed by atoms with E-state index in [4.69, 9.17) is 4.74 Å². The summed E-state index contributed by atoms with van der Waals surface area (Å²) in [6.45, 7) is 3.81. The number of hydrogen-bond donors (Lipinski definition) is 0. The van der Waals surface area contributed by atoms with Crippen LogP contribution in [0.15, 0.2) is 46.9 Å². The molecule has 0 fully saturated rings. The molecule has 0 saturated carbocycles. The van der Waals surface area contributed by atoms with Crippen molar-refractivity contribution in [3.8, 4) is 5.75 Å². The summed E-state index contributed by atoms with van der Waals surface area (Å²) in [5.74, 6) is 0.989. The van der Waals surface area contributed by atoms with Gasteiger partial charge in [-0.05, 0) is 69.7 Å². The van der Waals surface area contributed by atoms with Crippen LogP contribution >= 0.6 is 15.9 Å². The van der Waals surface area contributed by atoms with Crippen LogP contribution in [0, 0.1) is 6.92 Å². The lowest BCUT2D eigenvalue weighted by Crippen LogP contribution is -2.13. The van der Waals surface area contributed by atoms with Gasteiger partial charge in [-0.1, -0.05) is 45.8 Å². The number of rotatable bonds is 7. The zero-order valence-corrected chi connectivity index (χ0v) is 15.2. The quantitative estimate of drug-likeness (QED) is 0.700. The SMILES string of the molecule is Cc1cccc(COc2ccc(Br)cc2CCCN(C)C)c1. The summed E-state index contributed by atoms with van der Waals surface area (Å²) in [5.41, 5.74) is 3.74. The molecule has 2 aromatic rings. The van der Waals surface area contributed by atoms with E-state index in [0.717, 1.165) is 29.6 Å². The van der Waals surface area contributed by atoms with Gasteiger partial charge in [0.05, 0.1) is 0 Å². The van der Waals surface area contributed by atoms with Crippen molar-refractivity contribution in [2.75, 3.05) is 20.6 Å². The summed E-state index contributed by atoms with van der Waals surface area (Å²) >= 11 is 3.56. The van der Waals surface area contributed by atoms with Gasteiger partial charge in [-0.3, -0.25) is 0 Å². The summed E-state index contributed by atoms with van der Waals surface area (Å²) in [4.78, 5) is 2.21. The highest BCUT2D eigenvalue weighted by molar-refractivity contribution is 9.10. The Morgan fingerprint density at radius 3 is 2.64 bits per heavy atom. The van der Waals surface area contributed by atoms with Gasteiger partial charge in [-0.15, -0.1) is 0 Å². The van der Waals surface area contributed by atoms with Gasteiger partial charge < -0.3 is 9.64 Å². The summed E-state index contributed by atoms with van der Waals surface area (Å²) in [5, 5.41) is 0. The van der Waals surface area contributed by atoms with E-state index in [1.807, 2.05) is 6.07 Å². The maximum atomic E-state index is 6.06. The smallest absolute Gasteiger partial charge is 0.123 e. The highest BCUT2D eigenvalue weighted by Gasteiger charge is 2.06. The second kappa shape index (κ2) is 8.35. The predicted octanol–water partition coefficient (Wildman–Crippen LogP) is 4.83. The van der Waals surface area contributed by atoms with Gasteiger partial charge in [-0.2, -0.15) is 0 Å². The van der Waals surface area contributed by atoms with Gasteiger partial charge in [0.2, 0.25) is 0 Å². The molecule has 0 heterocycles. The van der Waals surface area contributed by atoms with Crippen LogP contribution < -0.4 is 4.74 Å². The molecule has 118 valence electrons. The molecule has 3 heteroatoms. The molecule has 2 rings (SSSR count). The Bertz CT molecular complexity index is 610. The molecule has 0 spiro atoms. The zero-order chi connectivity index (χ0) is 15.9. The van der Waals surface area contributed by atoms with Gasteiger partial charge in [-0.25, -0.2) is 0 Å². The molecule has 0 unspecified atom stereocenters. The Hall–Kier alpha value is -1.32. The van der Waals surface area contributed by atoms with Crippen molar-refractivity contribution in [2.45, 2.75) is 26.4 Å². The molecular formula is C19H24BrNO. The standard InChI is InChI=1S/C19H24BrNO/c1-15-6-4-7-16(12-15)14-22-19-10-9-18(20)13-17(19)8-5-11-21(2)3/h4,6-7,9-10,12-13H,5,8,11,14H2,1-3H3. The number of halogens is 1. The normalized spacial score (nSPS) is 11.0. The van der Waals surface area contributed by atoms with E-state index in [-0.39, 0.29) is 0 Å². The van der Waals surface area contributed by atoms with Crippen LogP contribution in [0.2, 0.25) is 0 Å². The minimum atomic E-state index is 0.615. The molecule has 22 heavy (non-hydrogen) atoms. The zero-order valence-electron chi connectivity index (χ0n) is 13.6. The van der Waals surface area contributed by atoms with E-state index in [2.05, 4.69) is 78.2 Å². The average Bonchev–Trinajstić information content (AvgIpc) is 2.46. The molecule has 2 nitrogen and oxygen atoms in total. The third-order valence-corrected chi connectivity index (χ3v) is 4.04. The molecular weight excluding hydrogens is 338 g/mol. The predicted molar refractivity (Wildman–Crippen MR) is 96.5 cm³/mol. The molecule has 2 aromatic carbocycles. The lowest BCUT2D eigenvalue weighted by molar-refractivity contribution is 0.302. The van der Waals surface area contributed by atoms with Gasteiger partial charge >= 0.3 is 0 Å². The largest absolute Gasteiger partial charge is 0.489 e. The molecule has 0 aliphatic rings. The first-order valence-electron chi connectivity index (χ1n) is 7.66. The minimum Gasteiger partial charge on any atom is -0.489 e. The first-order chi connectivity index (χ1) is 10.5. The summed E-state index contributed by atoms with van der Waals surface area (Å²) in [6, 6.07) is 14.7. The Morgan fingerprint density at radius 1 is 1.09 bits per heavy atom. The van der Waals surface area contributed by atoms with Crippen molar-refractivity contribution in [1.29, 1.82) is 0 Å². The number of aryl methyl sites for hydroxylation is 2. The third-order valence-electron chi connectivity index (χ3n) is 3.55. The molecule has 0 N–H and O–H groups in total. The average molecular weight is 362 g/mol. The molecule has 0 amide bonds. The van der Waals surface area contributed by atoms with Crippen LogP contribution in [0.4, 0.5) is 0 Å².